The van der Waals surface area contributed by atoms with Gasteiger partial charge in [0.25, 0.3) is 0 Å². The molecule has 0 atom stereocenters. The Morgan fingerprint density at radius 1 is 0.960 bits per heavy atom. The average molecular weight is 337 g/mol. The van der Waals surface area contributed by atoms with Gasteiger partial charge in [-0.05, 0) is 56.6 Å². The van der Waals surface area contributed by atoms with E-state index < -0.39 is 0 Å². The molecule has 0 radical (unpaired) electrons. The Balaban J connectivity index is 1.72. The van der Waals surface area contributed by atoms with Gasteiger partial charge in [-0.3, -0.25) is 9.69 Å². The molecule has 4 nitrogen and oxygen atoms in total. The topological polar surface area (TPSA) is 46.6 Å². The zero-order chi connectivity index (χ0) is 17.6. The van der Waals surface area contributed by atoms with E-state index in [1.54, 1.807) is 31.2 Å². The van der Waals surface area contributed by atoms with Gasteiger partial charge in [0.05, 0.1) is 12.2 Å². The first-order valence-electron chi connectivity index (χ1n) is 8.80. The normalized spacial score (nSPS) is 14.4. The third-order valence-electron chi connectivity index (χ3n) is 4.45. The van der Waals surface area contributed by atoms with Crippen LogP contribution in [0.1, 0.15) is 51.6 Å². The average Bonchev–Trinajstić information content (AvgIpc) is 3.15. The predicted molar refractivity (Wildman–Crippen MR) is 96.8 cm³/mol. The lowest BCUT2D eigenvalue weighted by Crippen LogP contribution is -2.18. The quantitative estimate of drug-likeness (QED) is 0.596. The maximum atomic E-state index is 12.7. The van der Waals surface area contributed by atoms with Crippen LogP contribution in [0, 0.1) is 0 Å². The first-order valence-corrected chi connectivity index (χ1v) is 8.80. The molecule has 0 unspecified atom stereocenters. The molecule has 25 heavy (non-hydrogen) atoms. The van der Waals surface area contributed by atoms with Gasteiger partial charge in [-0.1, -0.05) is 30.3 Å². The number of carbonyl (C=O) groups is 2. The highest BCUT2D eigenvalue weighted by atomic mass is 16.5. The lowest BCUT2D eigenvalue weighted by Gasteiger charge is -2.15. The number of benzene rings is 2. The van der Waals surface area contributed by atoms with E-state index in [4.69, 9.17) is 4.74 Å². The lowest BCUT2D eigenvalue weighted by molar-refractivity contribution is 0.0526. The fourth-order valence-electron chi connectivity index (χ4n) is 3.15. The summed E-state index contributed by atoms with van der Waals surface area (Å²) < 4.78 is 4.96. The number of hydrogen-bond acceptors (Lipinski definition) is 4. The number of rotatable bonds is 6. The minimum absolute atomic E-state index is 0.0290. The minimum Gasteiger partial charge on any atom is -0.462 e. The summed E-state index contributed by atoms with van der Waals surface area (Å²) in [5, 5.41) is 0. The summed E-state index contributed by atoms with van der Waals surface area (Å²) in [7, 11) is 0. The van der Waals surface area contributed by atoms with Crippen LogP contribution in [-0.4, -0.2) is 36.3 Å². The van der Waals surface area contributed by atoms with Gasteiger partial charge in [0, 0.05) is 17.7 Å². The number of esters is 1. The molecule has 2 aromatic rings. The second-order valence-electron chi connectivity index (χ2n) is 6.31. The van der Waals surface area contributed by atoms with Crippen molar-refractivity contribution in [2.24, 2.45) is 0 Å². The summed E-state index contributed by atoms with van der Waals surface area (Å²) in [5.74, 6) is -0.396. The summed E-state index contributed by atoms with van der Waals surface area (Å²) in [5.41, 5.74) is 2.88. The fraction of sp³-hybridized carbons (Fsp3) is 0.333. The number of ketones is 1. The standard InChI is InChI=1S/C21H23NO3/c1-2-25-21(24)18-10-8-17(9-11-18)20(23)19-7-5-6-16(14-19)15-22-12-3-4-13-22/h5-11,14H,2-4,12-13,15H2,1H3. The highest BCUT2D eigenvalue weighted by molar-refractivity contribution is 6.09. The van der Waals surface area contributed by atoms with Crippen molar-refractivity contribution in [1.82, 2.24) is 4.90 Å². The van der Waals surface area contributed by atoms with Crippen LogP contribution in [0.4, 0.5) is 0 Å². The lowest BCUT2D eigenvalue weighted by atomic mass is 10.00. The number of likely N-dealkylation sites (tertiary alicyclic amines) is 1. The summed E-state index contributed by atoms with van der Waals surface area (Å²) in [6.45, 7) is 5.26. The molecule has 1 aliphatic rings. The molecular weight excluding hydrogens is 314 g/mol. The number of carbonyl (C=O) groups excluding carboxylic acids is 2. The van der Waals surface area contributed by atoms with Crippen molar-refractivity contribution in [3.63, 3.8) is 0 Å². The molecule has 0 saturated carbocycles. The van der Waals surface area contributed by atoms with Gasteiger partial charge in [0.15, 0.2) is 5.78 Å². The third kappa shape index (κ3) is 4.34. The molecular formula is C21H23NO3. The van der Waals surface area contributed by atoms with Gasteiger partial charge in [-0.2, -0.15) is 0 Å². The Kier molecular flexibility index (Phi) is 5.61. The van der Waals surface area contributed by atoms with E-state index in [1.165, 1.54) is 12.8 Å². The maximum Gasteiger partial charge on any atom is 0.338 e. The van der Waals surface area contributed by atoms with Crippen molar-refractivity contribution in [1.29, 1.82) is 0 Å². The Labute approximate surface area is 148 Å². The number of ether oxygens (including phenoxy) is 1. The molecule has 0 N–H and O–H groups in total. The minimum atomic E-state index is -0.367. The van der Waals surface area contributed by atoms with Gasteiger partial charge in [0.1, 0.15) is 0 Å². The molecule has 0 aromatic heterocycles. The molecule has 3 rings (SSSR count). The zero-order valence-corrected chi connectivity index (χ0v) is 14.5. The maximum absolute atomic E-state index is 12.7. The van der Waals surface area contributed by atoms with E-state index in [2.05, 4.69) is 11.0 Å². The Hall–Kier alpha value is -2.46. The highest BCUT2D eigenvalue weighted by Crippen LogP contribution is 2.17. The second-order valence-corrected chi connectivity index (χ2v) is 6.31. The summed E-state index contributed by atoms with van der Waals surface area (Å²) >= 11 is 0. The Morgan fingerprint density at radius 2 is 1.64 bits per heavy atom. The molecule has 1 saturated heterocycles. The summed E-state index contributed by atoms with van der Waals surface area (Å²) in [6, 6.07) is 14.5. The summed E-state index contributed by atoms with van der Waals surface area (Å²) in [6.07, 6.45) is 2.51. The fourth-order valence-corrected chi connectivity index (χ4v) is 3.15. The smallest absolute Gasteiger partial charge is 0.338 e. The molecule has 0 bridgehead atoms. The number of hydrogen-bond donors (Lipinski definition) is 0. The largest absolute Gasteiger partial charge is 0.462 e. The molecule has 4 heteroatoms. The molecule has 1 aliphatic heterocycles. The van der Waals surface area contributed by atoms with E-state index in [0.29, 0.717) is 23.3 Å². The van der Waals surface area contributed by atoms with E-state index in [-0.39, 0.29) is 11.8 Å². The van der Waals surface area contributed by atoms with Crippen LogP contribution < -0.4 is 0 Å². The van der Waals surface area contributed by atoms with Gasteiger partial charge in [0.2, 0.25) is 0 Å². The van der Waals surface area contributed by atoms with Gasteiger partial charge in [-0.25, -0.2) is 4.79 Å². The van der Waals surface area contributed by atoms with Crippen LogP contribution in [0.2, 0.25) is 0 Å². The molecule has 0 spiro atoms. The molecule has 0 aliphatic carbocycles. The second kappa shape index (κ2) is 8.08. The van der Waals surface area contributed by atoms with Crippen LogP contribution in [0.5, 0.6) is 0 Å². The van der Waals surface area contributed by atoms with Crippen molar-refractivity contribution in [3.8, 4) is 0 Å². The zero-order valence-electron chi connectivity index (χ0n) is 14.5. The van der Waals surface area contributed by atoms with Crippen LogP contribution in [0.15, 0.2) is 48.5 Å². The van der Waals surface area contributed by atoms with E-state index >= 15 is 0 Å². The third-order valence-corrected chi connectivity index (χ3v) is 4.45. The van der Waals surface area contributed by atoms with Crippen molar-refractivity contribution >= 4 is 11.8 Å². The Morgan fingerprint density at radius 3 is 2.32 bits per heavy atom. The van der Waals surface area contributed by atoms with Crippen LogP contribution >= 0.6 is 0 Å². The summed E-state index contributed by atoms with van der Waals surface area (Å²) in [4.78, 5) is 26.8. The van der Waals surface area contributed by atoms with Crippen molar-refractivity contribution in [2.75, 3.05) is 19.7 Å². The highest BCUT2D eigenvalue weighted by Gasteiger charge is 2.14. The molecule has 130 valence electrons. The predicted octanol–water partition coefficient (Wildman–Crippen LogP) is 3.69. The van der Waals surface area contributed by atoms with Crippen LogP contribution in [0.3, 0.4) is 0 Å². The van der Waals surface area contributed by atoms with Gasteiger partial charge < -0.3 is 4.74 Å². The van der Waals surface area contributed by atoms with Crippen molar-refractivity contribution < 1.29 is 14.3 Å². The Bertz CT molecular complexity index is 746. The molecule has 1 heterocycles. The first-order chi connectivity index (χ1) is 12.2. The first kappa shape index (κ1) is 17.4. The van der Waals surface area contributed by atoms with Gasteiger partial charge >= 0.3 is 5.97 Å². The van der Waals surface area contributed by atoms with Crippen LogP contribution in [-0.2, 0) is 11.3 Å². The van der Waals surface area contributed by atoms with Crippen molar-refractivity contribution in [2.45, 2.75) is 26.3 Å². The number of nitrogens with zero attached hydrogens (tertiary/aromatic N) is 1. The van der Waals surface area contributed by atoms with Crippen molar-refractivity contribution in [3.05, 3.63) is 70.8 Å². The van der Waals surface area contributed by atoms with Gasteiger partial charge in [-0.15, -0.1) is 0 Å². The SMILES string of the molecule is CCOC(=O)c1ccc(C(=O)c2cccc(CN3CCCC3)c2)cc1. The van der Waals surface area contributed by atoms with Crippen LogP contribution in [0.25, 0.3) is 0 Å². The monoisotopic (exact) mass is 337 g/mol. The van der Waals surface area contributed by atoms with E-state index in [0.717, 1.165) is 25.2 Å². The molecule has 2 aromatic carbocycles. The molecule has 1 fully saturated rings. The molecule has 0 amide bonds. The van der Waals surface area contributed by atoms with E-state index in [9.17, 15) is 9.59 Å². The van der Waals surface area contributed by atoms with E-state index in [1.807, 2.05) is 18.2 Å².